The van der Waals surface area contributed by atoms with E-state index in [-0.39, 0.29) is 23.0 Å². The van der Waals surface area contributed by atoms with Crippen molar-refractivity contribution in [1.82, 2.24) is 9.97 Å². The zero-order chi connectivity index (χ0) is 16.1. The Kier molecular flexibility index (Phi) is 3.11. The van der Waals surface area contributed by atoms with E-state index in [1.165, 1.54) is 0 Å². The van der Waals surface area contributed by atoms with E-state index in [0.717, 1.165) is 0 Å². The molecule has 4 rings (SSSR count). The Balaban J connectivity index is 1.90. The lowest BCUT2D eigenvalue weighted by Gasteiger charge is -2.11. The molecule has 1 aliphatic rings. The standard InChI is InChI=1S/C17H8Cl2N2O2/c18-9-5-8(6-10(19)7-9)17-20-13-14(21-17)16(23)12-4-2-1-3-11(12)15(13)22/h1-7H,(H,20,21). The molecule has 6 heteroatoms. The summed E-state index contributed by atoms with van der Waals surface area (Å²) in [6.07, 6.45) is 0. The average Bonchev–Trinajstić information content (AvgIpc) is 2.97. The van der Waals surface area contributed by atoms with Gasteiger partial charge in [-0.2, -0.15) is 0 Å². The van der Waals surface area contributed by atoms with Crippen LogP contribution in [-0.4, -0.2) is 21.5 Å². The van der Waals surface area contributed by atoms with Crippen molar-refractivity contribution in [3.63, 3.8) is 0 Å². The van der Waals surface area contributed by atoms with E-state index in [1.54, 1.807) is 42.5 Å². The molecule has 0 bridgehead atoms. The van der Waals surface area contributed by atoms with E-state index in [9.17, 15) is 9.59 Å². The van der Waals surface area contributed by atoms with Crippen LogP contribution in [0.3, 0.4) is 0 Å². The van der Waals surface area contributed by atoms with Gasteiger partial charge in [-0.1, -0.05) is 47.5 Å². The first-order valence-electron chi connectivity index (χ1n) is 6.79. The third-order valence-corrected chi connectivity index (χ3v) is 4.13. The van der Waals surface area contributed by atoms with Crippen molar-refractivity contribution in [2.45, 2.75) is 0 Å². The van der Waals surface area contributed by atoms with E-state index in [0.29, 0.717) is 32.6 Å². The van der Waals surface area contributed by atoms with Gasteiger partial charge in [-0.05, 0) is 18.2 Å². The molecule has 0 radical (unpaired) electrons. The molecular formula is C17H8Cl2N2O2. The van der Waals surface area contributed by atoms with Crippen molar-refractivity contribution in [2.24, 2.45) is 0 Å². The molecule has 0 fully saturated rings. The Morgan fingerprint density at radius 3 is 2.13 bits per heavy atom. The van der Waals surface area contributed by atoms with Gasteiger partial charge in [0.25, 0.3) is 0 Å². The minimum atomic E-state index is -0.272. The van der Waals surface area contributed by atoms with Crippen molar-refractivity contribution in [1.29, 1.82) is 0 Å². The summed E-state index contributed by atoms with van der Waals surface area (Å²) in [6, 6.07) is 11.6. The second-order valence-electron chi connectivity index (χ2n) is 5.17. The van der Waals surface area contributed by atoms with Gasteiger partial charge < -0.3 is 4.98 Å². The fourth-order valence-electron chi connectivity index (χ4n) is 2.67. The number of ketones is 2. The third-order valence-electron chi connectivity index (χ3n) is 3.70. The van der Waals surface area contributed by atoms with E-state index in [4.69, 9.17) is 23.2 Å². The maximum absolute atomic E-state index is 12.6. The molecule has 23 heavy (non-hydrogen) atoms. The van der Waals surface area contributed by atoms with Gasteiger partial charge in [-0.15, -0.1) is 0 Å². The van der Waals surface area contributed by atoms with Gasteiger partial charge in [0.1, 0.15) is 17.2 Å². The summed E-state index contributed by atoms with van der Waals surface area (Å²) < 4.78 is 0. The van der Waals surface area contributed by atoms with Crippen LogP contribution in [0.5, 0.6) is 0 Å². The highest BCUT2D eigenvalue weighted by Gasteiger charge is 2.33. The molecule has 112 valence electrons. The van der Waals surface area contributed by atoms with Crippen LogP contribution in [-0.2, 0) is 0 Å². The molecular weight excluding hydrogens is 335 g/mol. The molecule has 1 N–H and O–H groups in total. The number of hydrogen-bond donors (Lipinski definition) is 1. The number of carbonyl (C=O) groups is 2. The zero-order valence-electron chi connectivity index (χ0n) is 11.6. The number of halogens is 2. The normalized spacial score (nSPS) is 13.0. The van der Waals surface area contributed by atoms with Gasteiger partial charge in [0.15, 0.2) is 0 Å². The highest BCUT2D eigenvalue weighted by molar-refractivity contribution is 6.35. The van der Waals surface area contributed by atoms with E-state index in [1.807, 2.05) is 0 Å². The maximum atomic E-state index is 12.6. The number of H-pyrrole nitrogens is 1. The van der Waals surface area contributed by atoms with Crippen molar-refractivity contribution < 1.29 is 9.59 Å². The Morgan fingerprint density at radius 1 is 0.870 bits per heavy atom. The van der Waals surface area contributed by atoms with E-state index >= 15 is 0 Å². The number of benzene rings is 2. The lowest BCUT2D eigenvalue weighted by atomic mass is 9.90. The van der Waals surface area contributed by atoms with Gasteiger partial charge in [-0.3, -0.25) is 9.59 Å². The number of rotatable bonds is 1. The van der Waals surface area contributed by atoms with Gasteiger partial charge in [0.2, 0.25) is 11.6 Å². The highest BCUT2D eigenvalue weighted by atomic mass is 35.5. The summed E-state index contributed by atoms with van der Waals surface area (Å²) in [5.41, 5.74) is 1.68. The predicted octanol–water partition coefficient (Wildman–Crippen LogP) is 4.16. The number of carbonyl (C=O) groups excluding carboxylic acids is 2. The summed E-state index contributed by atoms with van der Waals surface area (Å²) >= 11 is 12.0. The molecule has 0 amide bonds. The summed E-state index contributed by atoms with van der Waals surface area (Å²) in [4.78, 5) is 32.3. The number of imidazole rings is 1. The van der Waals surface area contributed by atoms with Crippen molar-refractivity contribution in [3.8, 4) is 11.4 Å². The minimum Gasteiger partial charge on any atom is -0.335 e. The van der Waals surface area contributed by atoms with Crippen LogP contribution in [0, 0.1) is 0 Å². The molecule has 0 saturated heterocycles. The number of nitrogens with one attached hydrogen (secondary N) is 1. The van der Waals surface area contributed by atoms with Crippen LogP contribution in [0.2, 0.25) is 10.0 Å². The minimum absolute atomic E-state index is 0.125. The highest BCUT2D eigenvalue weighted by Crippen LogP contribution is 2.30. The van der Waals surface area contributed by atoms with E-state index < -0.39 is 0 Å². The van der Waals surface area contributed by atoms with Gasteiger partial charge in [-0.25, -0.2) is 4.98 Å². The second-order valence-corrected chi connectivity index (χ2v) is 6.04. The number of aromatic amines is 1. The second kappa shape index (κ2) is 5.05. The average molecular weight is 343 g/mol. The molecule has 4 nitrogen and oxygen atoms in total. The molecule has 2 aromatic carbocycles. The lowest BCUT2D eigenvalue weighted by Crippen LogP contribution is -2.20. The summed E-state index contributed by atoms with van der Waals surface area (Å²) in [7, 11) is 0. The zero-order valence-corrected chi connectivity index (χ0v) is 13.1. The molecule has 0 atom stereocenters. The monoisotopic (exact) mass is 342 g/mol. The molecule has 1 heterocycles. The maximum Gasteiger partial charge on any atom is 0.214 e. The van der Waals surface area contributed by atoms with Crippen LogP contribution >= 0.6 is 23.2 Å². The largest absolute Gasteiger partial charge is 0.335 e. The molecule has 0 saturated carbocycles. The Hall–Kier alpha value is -2.43. The Bertz CT molecular complexity index is 919. The number of nitrogens with zero attached hydrogens (tertiary/aromatic N) is 1. The molecule has 0 unspecified atom stereocenters. The first-order valence-corrected chi connectivity index (χ1v) is 7.55. The number of hydrogen-bond acceptors (Lipinski definition) is 3. The molecule has 0 aliphatic heterocycles. The van der Waals surface area contributed by atoms with Crippen molar-refractivity contribution >= 4 is 34.8 Å². The van der Waals surface area contributed by atoms with Gasteiger partial charge in [0.05, 0.1) is 0 Å². The van der Waals surface area contributed by atoms with Crippen LogP contribution < -0.4 is 0 Å². The molecule has 3 aromatic rings. The summed E-state index contributed by atoms with van der Waals surface area (Å²) in [6.45, 7) is 0. The van der Waals surface area contributed by atoms with Gasteiger partial charge in [0, 0.05) is 26.7 Å². The number of fused-ring (bicyclic) bond motifs is 2. The summed E-state index contributed by atoms with van der Waals surface area (Å²) in [5, 5.41) is 0.894. The molecule has 1 aliphatic carbocycles. The van der Waals surface area contributed by atoms with Crippen LogP contribution in [0.15, 0.2) is 42.5 Å². The van der Waals surface area contributed by atoms with Gasteiger partial charge >= 0.3 is 0 Å². The predicted molar refractivity (Wildman–Crippen MR) is 87.4 cm³/mol. The quantitative estimate of drug-likeness (QED) is 0.564. The van der Waals surface area contributed by atoms with Crippen LogP contribution in [0.4, 0.5) is 0 Å². The molecule has 1 aromatic heterocycles. The molecule has 0 spiro atoms. The van der Waals surface area contributed by atoms with Crippen molar-refractivity contribution in [2.75, 3.05) is 0 Å². The topological polar surface area (TPSA) is 62.8 Å². The number of aromatic nitrogens is 2. The van der Waals surface area contributed by atoms with Crippen LogP contribution in [0.25, 0.3) is 11.4 Å². The first kappa shape index (κ1) is 14.2. The SMILES string of the molecule is O=C1c2ccccc2C(=O)c2[nH]c(-c3cc(Cl)cc(Cl)c3)nc21. The summed E-state index contributed by atoms with van der Waals surface area (Å²) in [5.74, 6) is -0.137. The Labute approximate surface area is 141 Å². The van der Waals surface area contributed by atoms with Crippen molar-refractivity contribution in [3.05, 3.63) is 75.0 Å². The smallest absolute Gasteiger partial charge is 0.214 e. The van der Waals surface area contributed by atoms with E-state index in [2.05, 4.69) is 9.97 Å². The van der Waals surface area contributed by atoms with Crippen LogP contribution in [0.1, 0.15) is 32.1 Å². The third kappa shape index (κ3) is 2.19. The first-order chi connectivity index (χ1) is 11.0. The fraction of sp³-hybridized carbons (Fsp3) is 0. The Morgan fingerprint density at radius 2 is 1.48 bits per heavy atom. The fourth-order valence-corrected chi connectivity index (χ4v) is 3.20. The lowest BCUT2D eigenvalue weighted by molar-refractivity contribution is 0.0974.